The van der Waals surface area contributed by atoms with Crippen LogP contribution < -0.4 is 21.3 Å². The second-order valence-electron chi connectivity index (χ2n) is 11.5. The van der Waals surface area contributed by atoms with Crippen LogP contribution in [-0.2, 0) is 29.8 Å². The number of carbonyl (C=O) groups is 4. The Balaban J connectivity index is 1.09. The van der Waals surface area contributed by atoms with Crippen molar-refractivity contribution in [1.29, 1.82) is 0 Å². The highest BCUT2D eigenvalue weighted by atomic mass is 32.2. The molecule has 0 saturated heterocycles. The van der Waals surface area contributed by atoms with Crippen molar-refractivity contribution in [3.8, 4) is 11.5 Å². The van der Waals surface area contributed by atoms with Crippen LogP contribution in [0.4, 0.5) is 22.7 Å². The van der Waals surface area contributed by atoms with Crippen LogP contribution in [0.5, 0.6) is 11.5 Å². The van der Waals surface area contributed by atoms with Gasteiger partial charge in [-0.25, -0.2) is 0 Å². The summed E-state index contributed by atoms with van der Waals surface area (Å²) in [7, 11) is -9.44. The topological polar surface area (TPSA) is 266 Å². The van der Waals surface area contributed by atoms with Crippen LogP contribution in [0.3, 0.4) is 0 Å². The van der Waals surface area contributed by atoms with Crippen LogP contribution in [0.1, 0.15) is 20.7 Å². The molecule has 54 heavy (non-hydrogen) atoms. The largest absolute Gasteiger partial charge is 0.507 e. The van der Waals surface area contributed by atoms with Gasteiger partial charge >= 0.3 is 11.8 Å². The van der Waals surface area contributed by atoms with E-state index in [1.54, 1.807) is 0 Å². The van der Waals surface area contributed by atoms with Gasteiger partial charge in [0, 0.05) is 44.0 Å². The van der Waals surface area contributed by atoms with Gasteiger partial charge < -0.3 is 31.5 Å². The first kappa shape index (κ1) is 36.9. The molecule has 0 aliphatic carbocycles. The molecule has 0 unspecified atom stereocenters. The fraction of sp³-hybridized carbons (Fsp3) is 0. The minimum absolute atomic E-state index is 0.0102. The molecule has 0 heterocycles. The molecule has 0 aliphatic rings. The molecule has 16 nitrogen and oxygen atoms in total. The highest BCUT2D eigenvalue weighted by Crippen LogP contribution is 2.37. The number of phenolic OH excluding ortho intramolecular Hbond substituents is 2. The highest BCUT2D eigenvalue weighted by Gasteiger charge is 2.22. The molecular formula is C36H26N4O12S2. The molecule has 6 aromatic carbocycles. The molecule has 0 aromatic heterocycles. The third-order valence-corrected chi connectivity index (χ3v) is 9.82. The molecule has 0 aliphatic heterocycles. The van der Waals surface area contributed by atoms with Gasteiger partial charge in [-0.2, -0.15) is 16.8 Å². The predicted molar refractivity (Wildman–Crippen MR) is 197 cm³/mol. The van der Waals surface area contributed by atoms with E-state index in [1.807, 2.05) is 0 Å². The van der Waals surface area contributed by atoms with Gasteiger partial charge in [-0.05, 0) is 84.9 Å². The Bertz CT molecular complexity index is 2560. The quantitative estimate of drug-likeness (QED) is 0.0753. The van der Waals surface area contributed by atoms with Crippen LogP contribution in [-0.4, -0.2) is 59.8 Å². The Morgan fingerprint density at radius 2 is 0.796 bits per heavy atom. The maximum atomic E-state index is 13.0. The standard InChI is InChI=1S/C36H26N4O12S2/c41-27-15-17-29(53(47,48)49)31-23(27)3-1-5-25(31)39-33(43)19-7-11-21(12-8-19)37-35(45)36(46)38-22-13-9-20(10-14-22)34(44)40-26-6-2-4-24-28(42)16-18-30(32(24)26)54(50,51)52/h1-18,41-42H,(H,37,45)(H,38,46)(H,39,43)(H,40,44)(H,47,48,49)(H,50,51,52). The molecule has 4 amide bonds. The van der Waals surface area contributed by atoms with E-state index < -0.39 is 53.7 Å². The lowest BCUT2D eigenvalue weighted by molar-refractivity contribution is -0.132. The summed E-state index contributed by atoms with van der Waals surface area (Å²) in [5.74, 6) is -4.09. The normalized spacial score (nSPS) is 11.5. The van der Waals surface area contributed by atoms with Gasteiger partial charge in [-0.1, -0.05) is 24.3 Å². The summed E-state index contributed by atoms with van der Waals surface area (Å²) in [4.78, 5) is 50.2. The Labute approximate surface area is 305 Å². The first-order valence-corrected chi connectivity index (χ1v) is 18.3. The Morgan fingerprint density at radius 1 is 0.444 bits per heavy atom. The zero-order valence-electron chi connectivity index (χ0n) is 27.3. The molecule has 6 aromatic rings. The molecule has 6 rings (SSSR count). The highest BCUT2D eigenvalue weighted by molar-refractivity contribution is 7.86. The molecule has 8 N–H and O–H groups in total. The zero-order valence-corrected chi connectivity index (χ0v) is 28.9. The first-order chi connectivity index (χ1) is 25.5. The predicted octanol–water partition coefficient (Wildman–Crippen LogP) is 4.98. The summed E-state index contributed by atoms with van der Waals surface area (Å²) in [5, 5.41) is 30.2. The number of phenols is 2. The van der Waals surface area contributed by atoms with E-state index >= 15 is 0 Å². The molecule has 18 heteroatoms. The number of amides is 4. The molecule has 0 atom stereocenters. The van der Waals surface area contributed by atoms with Crippen molar-refractivity contribution in [1.82, 2.24) is 0 Å². The minimum atomic E-state index is -4.72. The molecular weight excluding hydrogens is 745 g/mol. The van der Waals surface area contributed by atoms with E-state index in [-0.39, 0.29) is 66.9 Å². The summed E-state index contributed by atoms with van der Waals surface area (Å²) in [6.45, 7) is 0. The number of anilines is 4. The fourth-order valence-electron chi connectivity index (χ4n) is 5.53. The van der Waals surface area contributed by atoms with Crippen molar-refractivity contribution in [2.75, 3.05) is 21.3 Å². The van der Waals surface area contributed by atoms with E-state index in [9.17, 15) is 55.3 Å². The van der Waals surface area contributed by atoms with E-state index in [1.165, 1.54) is 84.9 Å². The third-order valence-electron chi connectivity index (χ3n) is 8.03. The van der Waals surface area contributed by atoms with Crippen LogP contribution >= 0.6 is 0 Å². The Morgan fingerprint density at radius 3 is 1.13 bits per heavy atom. The van der Waals surface area contributed by atoms with Crippen molar-refractivity contribution in [2.24, 2.45) is 0 Å². The number of nitrogens with one attached hydrogen (secondary N) is 4. The van der Waals surface area contributed by atoms with Crippen LogP contribution in [0, 0.1) is 0 Å². The van der Waals surface area contributed by atoms with Gasteiger partial charge in [0.2, 0.25) is 0 Å². The van der Waals surface area contributed by atoms with E-state index in [4.69, 9.17) is 0 Å². The second-order valence-corrected chi connectivity index (χ2v) is 14.3. The monoisotopic (exact) mass is 770 g/mol. The van der Waals surface area contributed by atoms with Crippen molar-refractivity contribution in [3.63, 3.8) is 0 Å². The number of aromatic hydroxyl groups is 2. The lowest BCUT2D eigenvalue weighted by Crippen LogP contribution is -2.29. The Hall–Kier alpha value is -6.86. The van der Waals surface area contributed by atoms with Crippen molar-refractivity contribution in [3.05, 3.63) is 120 Å². The van der Waals surface area contributed by atoms with Crippen molar-refractivity contribution >= 4 is 88.2 Å². The number of rotatable bonds is 8. The number of hydrogen-bond donors (Lipinski definition) is 8. The second kappa shape index (κ2) is 14.3. The molecule has 0 spiro atoms. The van der Waals surface area contributed by atoms with Gasteiger partial charge in [0.05, 0.1) is 11.4 Å². The Kier molecular flexibility index (Phi) is 9.76. The first-order valence-electron chi connectivity index (χ1n) is 15.4. The lowest BCUT2D eigenvalue weighted by atomic mass is 10.1. The van der Waals surface area contributed by atoms with Gasteiger partial charge in [0.15, 0.2) is 0 Å². The SMILES string of the molecule is O=C(Nc1ccc(C(=O)Nc2cccc3c(O)ccc(S(=O)(=O)O)c23)cc1)C(=O)Nc1ccc(C(=O)Nc2cccc3c(O)ccc(S(=O)(=O)O)c23)cc1. The average molecular weight is 771 g/mol. The number of hydrogen-bond acceptors (Lipinski definition) is 10. The lowest BCUT2D eigenvalue weighted by Gasteiger charge is -2.13. The van der Waals surface area contributed by atoms with Crippen LogP contribution in [0.15, 0.2) is 119 Å². The van der Waals surface area contributed by atoms with Gasteiger partial charge in [-0.15, -0.1) is 0 Å². The average Bonchev–Trinajstić information content (AvgIpc) is 3.12. The smallest absolute Gasteiger partial charge is 0.314 e. The summed E-state index contributed by atoms with van der Waals surface area (Å²) >= 11 is 0. The van der Waals surface area contributed by atoms with Crippen LogP contribution in [0.2, 0.25) is 0 Å². The van der Waals surface area contributed by atoms with E-state index in [2.05, 4.69) is 21.3 Å². The molecule has 274 valence electrons. The van der Waals surface area contributed by atoms with Gasteiger partial charge in [-0.3, -0.25) is 28.3 Å². The van der Waals surface area contributed by atoms with Gasteiger partial charge in [0.1, 0.15) is 21.3 Å². The zero-order chi connectivity index (χ0) is 38.9. The molecule has 0 radical (unpaired) electrons. The summed E-state index contributed by atoms with van der Waals surface area (Å²) in [5.41, 5.74) is 0.407. The maximum Gasteiger partial charge on any atom is 0.314 e. The summed E-state index contributed by atoms with van der Waals surface area (Å²) in [6, 6.07) is 23.3. The number of benzene rings is 6. The molecule has 0 fully saturated rings. The molecule has 0 saturated carbocycles. The number of carbonyl (C=O) groups excluding carboxylic acids is 4. The minimum Gasteiger partial charge on any atom is -0.507 e. The summed E-state index contributed by atoms with van der Waals surface area (Å²) < 4.78 is 67.2. The third kappa shape index (κ3) is 7.66. The van der Waals surface area contributed by atoms with E-state index in [0.29, 0.717) is 0 Å². The maximum absolute atomic E-state index is 13.0. The number of fused-ring (bicyclic) bond motifs is 2. The van der Waals surface area contributed by atoms with Crippen LogP contribution in [0.25, 0.3) is 21.5 Å². The van der Waals surface area contributed by atoms with E-state index in [0.717, 1.165) is 24.3 Å². The molecule has 0 bridgehead atoms. The fourth-order valence-corrected chi connectivity index (χ4v) is 6.97. The van der Waals surface area contributed by atoms with Crippen molar-refractivity contribution in [2.45, 2.75) is 9.79 Å². The van der Waals surface area contributed by atoms with Crippen molar-refractivity contribution < 1.29 is 55.3 Å². The summed E-state index contributed by atoms with van der Waals surface area (Å²) in [6.07, 6.45) is 0. The van der Waals surface area contributed by atoms with Gasteiger partial charge in [0.25, 0.3) is 32.1 Å².